The summed E-state index contributed by atoms with van der Waals surface area (Å²) in [5, 5.41) is 4.30. The van der Waals surface area contributed by atoms with Crippen molar-refractivity contribution in [1.82, 2.24) is 14.3 Å². The second-order valence-electron chi connectivity index (χ2n) is 6.55. The van der Waals surface area contributed by atoms with Crippen LogP contribution in [0.2, 0.25) is 0 Å². The predicted molar refractivity (Wildman–Crippen MR) is 98.3 cm³/mol. The van der Waals surface area contributed by atoms with Crippen molar-refractivity contribution in [2.75, 3.05) is 13.1 Å². The maximum atomic E-state index is 13.3. The van der Waals surface area contributed by atoms with Crippen molar-refractivity contribution < 1.29 is 8.42 Å². The molecule has 25 heavy (non-hydrogen) atoms. The number of nitrogens with one attached hydrogen (secondary N) is 1. The Labute approximate surface area is 147 Å². The van der Waals surface area contributed by atoms with Gasteiger partial charge in [0.2, 0.25) is 0 Å². The highest BCUT2D eigenvalue weighted by Crippen LogP contribution is 2.34. The molecule has 5 nitrogen and oxygen atoms in total. The van der Waals surface area contributed by atoms with Gasteiger partial charge in [0, 0.05) is 17.8 Å². The van der Waals surface area contributed by atoms with Gasteiger partial charge in [-0.25, -0.2) is 17.4 Å². The lowest BCUT2D eigenvalue weighted by Gasteiger charge is -2.22. The molecule has 4 rings (SSSR count). The van der Waals surface area contributed by atoms with E-state index in [1.165, 1.54) is 3.97 Å². The van der Waals surface area contributed by atoms with Gasteiger partial charge < -0.3 is 5.32 Å². The van der Waals surface area contributed by atoms with Crippen LogP contribution in [0.25, 0.3) is 11.0 Å². The molecule has 6 heteroatoms. The number of nitrogens with zero attached hydrogens (tertiary/aromatic N) is 2. The zero-order valence-electron chi connectivity index (χ0n) is 14.1. The van der Waals surface area contributed by atoms with Crippen molar-refractivity contribution in [3.05, 3.63) is 59.9 Å². The summed E-state index contributed by atoms with van der Waals surface area (Å²) in [4.78, 5) is 4.71. The van der Waals surface area contributed by atoms with Crippen LogP contribution in [0.3, 0.4) is 0 Å². The summed E-state index contributed by atoms with van der Waals surface area (Å²) in [6.45, 7) is 3.74. The van der Waals surface area contributed by atoms with Gasteiger partial charge in [0.25, 0.3) is 10.0 Å². The molecule has 0 spiro atoms. The van der Waals surface area contributed by atoms with E-state index >= 15 is 0 Å². The van der Waals surface area contributed by atoms with Crippen LogP contribution in [0.1, 0.15) is 29.9 Å². The van der Waals surface area contributed by atoms with Crippen molar-refractivity contribution in [3.8, 4) is 0 Å². The molecule has 3 heterocycles. The quantitative estimate of drug-likeness (QED) is 0.784. The summed E-state index contributed by atoms with van der Waals surface area (Å²) in [5.41, 5.74) is 2.34. The summed E-state index contributed by atoms with van der Waals surface area (Å²) in [7, 11) is -3.68. The third-order valence-corrected chi connectivity index (χ3v) is 6.78. The maximum absolute atomic E-state index is 13.3. The van der Waals surface area contributed by atoms with Crippen molar-refractivity contribution in [3.63, 3.8) is 0 Å². The van der Waals surface area contributed by atoms with Crippen LogP contribution in [-0.2, 0) is 10.0 Å². The molecule has 0 radical (unpaired) electrons. The molecule has 3 aromatic rings. The number of fused-ring (bicyclic) bond motifs is 1. The fourth-order valence-corrected chi connectivity index (χ4v) is 5.21. The molecule has 130 valence electrons. The minimum atomic E-state index is -3.68. The molecule has 0 amide bonds. The van der Waals surface area contributed by atoms with Gasteiger partial charge in [-0.1, -0.05) is 18.2 Å². The van der Waals surface area contributed by atoms with Crippen LogP contribution in [-0.4, -0.2) is 30.5 Å². The van der Waals surface area contributed by atoms with Crippen molar-refractivity contribution in [1.29, 1.82) is 0 Å². The summed E-state index contributed by atoms with van der Waals surface area (Å²) >= 11 is 0. The molecule has 0 saturated carbocycles. The molecule has 0 aliphatic carbocycles. The van der Waals surface area contributed by atoms with Crippen LogP contribution < -0.4 is 5.32 Å². The van der Waals surface area contributed by atoms with Gasteiger partial charge in [-0.2, -0.15) is 0 Å². The van der Waals surface area contributed by atoms with E-state index in [0.717, 1.165) is 42.4 Å². The normalized spacial score (nSPS) is 16.4. The van der Waals surface area contributed by atoms with Gasteiger partial charge in [0.1, 0.15) is 0 Å². The molecule has 2 aromatic heterocycles. The van der Waals surface area contributed by atoms with Gasteiger partial charge in [-0.3, -0.25) is 0 Å². The first-order valence-electron chi connectivity index (χ1n) is 8.57. The monoisotopic (exact) mass is 355 g/mol. The lowest BCUT2D eigenvalue weighted by Crippen LogP contribution is -2.26. The Morgan fingerprint density at radius 1 is 1.12 bits per heavy atom. The molecule has 1 saturated heterocycles. The molecular weight excluding hydrogens is 334 g/mol. The number of rotatable bonds is 3. The number of hydrogen-bond donors (Lipinski definition) is 1. The Hall–Kier alpha value is -2.18. The van der Waals surface area contributed by atoms with Crippen LogP contribution in [0, 0.1) is 6.92 Å². The summed E-state index contributed by atoms with van der Waals surface area (Å²) in [6, 6.07) is 10.9. The van der Waals surface area contributed by atoms with Crippen LogP contribution >= 0.6 is 0 Å². The third-order valence-electron chi connectivity index (χ3n) is 4.97. The van der Waals surface area contributed by atoms with E-state index in [1.54, 1.807) is 24.5 Å². The first-order chi connectivity index (χ1) is 12.1. The number of pyridine rings is 1. The van der Waals surface area contributed by atoms with E-state index < -0.39 is 10.0 Å². The molecule has 0 bridgehead atoms. The third kappa shape index (κ3) is 2.75. The molecule has 1 N–H and O–H groups in total. The van der Waals surface area contributed by atoms with Gasteiger partial charge in [0.15, 0.2) is 5.65 Å². The van der Waals surface area contributed by atoms with Gasteiger partial charge in [0.05, 0.1) is 4.90 Å². The highest BCUT2D eigenvalue weighted by molar-refractivity contribution is 7.90. The summed E-state index contributed by atoms with van der Waals surface area (Å²) < 4.78 is 27.9. The lowest BCUT2D eigenvalue weighted by molar-refractivity contribution is 0.462. The SMILES string of the molecule is Cc1ccccc1S(=O)(=O)n1cc(C2CCNCC2)c2cccnc21. The second-order valence-corrected chi connectivity index (χ2v) is 8.33. The summed E-state index contributed by atoms with van der Waals surface area (Å²) in [6.07, 6.45) is 5.46. The molecule has 0 atom stereocenters. The maximum Gasteiger partial charge on any atom is 0.269 e. The molecule has 1 aliphatic rings. The second kappa shape index (κ2) is 6.28. The van der Waals surface area contributed by atoms with E-state index in [-0.39, 0.29) is 0 Å². The van der Waals surface area contributed by atoms with Gasteiger partial charge in [-0.15, -0.1) is 0 Å². The lowest BCUT2D eigenvalue weighted by atomic mass is 9.90. The van der Waals surface area contributed by atoms with Crippen LogP contribution in [0.4, 0.5) is 0 Å². The van der Waals surface area contributed by atoms with Crippen molar-refractivity contribution in [2.24, 2.45) is 0 Å². The topological polar surface area (TPSA) is 64.0 Å². The van der Waals surface area contributed by atoms with Gasteiger partial charge >= 0.3 is 0 Å². The van der Waals surface area contributed by atoms with E-state index in [2.05, 4.69) is 10.3 Å². The average molecular weight is 355 g/mol. The number of piperidine rings is 1. The Balaban J connectivity index is 1.92. The Morgan fingerprint density at radius 2 is 1.88 bits per heavy atom. The van der Waals surface area contributed by atoms with E-state index in [9.17, 15) is 8.42 Å². The van der Waals surface area contributed by atoms with Crippen molar-refractivity contribution in [2.45, 2.75) is 30.6 Å². The van der Waals surface area contributed by atoms with E-state index in [0.29, 0.717) is 16.5 Å². The molecule has 1 aromatic carbocycles. The Bertz CT molecular complexity index is 1020. The van der Waals surface area contributed by atoms with Crippen LogP contribution in [0.15, 0.2) is 53.7 Å². The highest BCUT2D eigenvalue weighted by atomic mass is 32.2. The fraction of sp³-hybridized carbons (Fsp3) is 0.316. The minimum Gasteiger partial charge on any atom is -0.317 e. The van der Waals surface area contributed by atoms with Crippen molar-refractivity contribution >= 4 is 21.1 Å². The summed E-state index contributed by atoms with van der Waals surface area (Å²) in [5.74, 6) is 0.362. The smallest absolute Gasteiger partial charge is 0.269 e. The highest BCUT2D eigenvalue weighted by Gasteiger charge is 2.26. The predicted octanol–water partition coefficient (Wildman–Crippen LogP) is 3.05. The number of aryl methyl sites for hydroxylation is 1. The van der Waals surface area contributed by atoms with E-state index in [4.69, 9.17) is 0 Å². The van der Waals surface area contributed by atoms with E-state index in [1.807, 2.05) is 31.2 Å². The molecule has 0 unspecified atom stereocenters. The first-order valence-corrected chi connectivity index (χ1v) is 10.0. The van der Waals surface area contributed by atoms with Crippen LogP contribution in [0.5, 0.6) is 0 Å². The molecule has 1 fully saturated rings. The standard InChI is InChI=1S/C19H21N3O2S/c1-14-5-2-3-7-18(14)25(23,24)22-13-17(15-8-11-20-12-9-15)16-6-4-10-21-19(16)22/h2-7,10,13,15,20H,8-9,11-12H2,1H3. The molecular formula is C19H21N3O2S. The van der Waals surface area contributed by atoms with Gasteiger partial charge in [-0.05, 0) is 68.1 Å². The molecule has 1 aliphatic heterocycles. The Morgan fingerprint density at radius 3 is 2.64 bits per heavy atom. The number of benzene rings is 1. The number of aromatic nitrogens is 2. The average Bonchev–Trinajstić information content (AvgIpc) is 3.03. The largest absolute Gasteiger partial charge is 0.317 e. The number of hydrogen-bond acceptors (Lipinski definition) is 4. The first kappa shape index (κ1) is 16.3. The zero-order valence-corrected chi connectivity index (χ0v) is 15.0. The Kier molecular flexibility index (Phi) is 4.09. The minimum absolute atomic E-state index is 0.328. The fourth-order valence-electron chi connectivity index (χ4n) is 3.65. The zero-order chi connectivity index (χ0) is 17.4.